The van der Waals surface area contributed by atoms with Gasteiger partial charge in [-0.1, -0.05) is 12.1 Å². The van der Waals surface area contributed by atoms with Crippen LogP contribution in [0.1, 0.15) is 12.5 Å². The van der Waals surface area contributed by atoms with Gasteiger partial charge in [0.05, 0.1) is 6.54 Å². The molecule has 2 rings (SSSR count). The Labute approximate surface area is 118 Å². The Hall–Kier alpha value is -2.32. The van der Waals surface area contributed by atoms with Gasteiger partial charge in [0, 0.05) is 25.5 Å². The number of benzene rings is 1. The molecule has 1 aromatic carbocycles. The Kier molecular flexibility index (Phi) is 5.15. The third-order valence-electron chi connectivity index (χ3n) is 2.82. The Morgan fingerprint density at radius 3 is 2.85 bits per heavy atom. The van der Waals surface area contributed by atoms with Crippen LogP contribution in [0.2, 0.25) is 0 Å². The largest absolute Gasteiger partial charge is 0.476 e. The van der Waals surface area contributed by atoms with Crippen LogP contribution in [-0.4, -0.2) is 22.4 Å². The highest BCUT2D eigenvalue weighted by Crippen LogP contribution is 2.13. The molecule has 0 saturated heterocycles. The molecule has 1 heterocycles. The van der Waals surface area contributed by atoms with Crippen molar-refractivity contribution in [3.63, 3.8) is 0 Å². The highest BCUT2D eigenvalue weighted by Gasteiger charge is 2.01. The van der Waals surface area contributed by atoms with Crippen LogP contribution in [0.3, 0.4) is 0 Å². The fraction of sp³-hybridized carbons (Fsp3) is 0.333. The molecule has 0 fully saturated rings. The topological polar surface area (TPSA) is 62.9 Å². The second kappa shape index (κ2) is 7.31. The van der Waals surface area contributed by atoms with Crippen LogP contribution in [0.4, 0.5) is 0 Å². The average Bonchev–Trinajstić information content (AvgIpc) is 2.98. The van der Waals surface area contributed by atoms with Gasteiger partial charge in [0.1, 0.15) is 11.8 Å². The average molecular weight is 270 g/mol. The first-order valence-corrected chi connectivity index (χ1v) is 6.61. The van der Waals surface area contributed by atoms with E-state index >= 15 is 0 Å². The van der Waals surface area contributed by atoms with E-state index in [0.717, 1.165) is 25.4 Å². The van der Waals surface area contributed by atoms with Gasteiger partial charge in [-0.15, -0.1) is 0 Å². The normalized spacial score (nSPS) is 11.8. The Morgan fingerprint density at radius 2 is 2.20 bits per heavy atom. The van der Waals surface area contributed by atoms with Crippen molar-refractivity contribution >= 4 is 0 Å². The summed E-state index contributed by atoms with van der Waals surface area (Å²) < 4.78 is 7.30. The van der Waals surface area contributed by atoms with Crippen molar-refractivity contribution in [2.24, 2.45) is 0 Å². The Morgan fingerprint density at radius 1 is 1.40 bits per heavy atom. The molecule has 5 heteroatoms. The summed E-state index contributed by atoms with van der Waals surface area (Å²) in [6.45, 7) is 4.25. The molecule has 1 N–H and O–H groups in total. The first-order valence-electron chi connectivity index (χ1n) is 6.61. The number of nitriles is 1. The number of nitrogens with zero attached hydrogens (tertiary/aromatic N) is 3. The molecule has 0 aliphatic heterocycles. The van der Waals surface area contributed by atoms with Crippen LogP contribution < -0.4 is 10.1 Å². The van der Waals surface area contributed by atoms with E-state index in [1.54, 1.807) is 13.1 Å². The Balaban J connectivity index is 1.72. The lowest BCUT2D eigenvalue weighted by atomic mass is 10.2. The maximum absolute atomic E-state index is 8.68. The van der Waals surface area contributed by atoms with E-state index in [2.05, 4.69) is 10.4 Å². The van der Waals surface area contributed by atoms with Gasteiger partial charge < -0.3 is 10.1 Å². The van der Waals surface area contributed by atoms with E-state index in [9.17, 15) is 0 Å². The van der Waals surface area contributed by atoms with Gasteiger partial charge in [-0.25, -0.2) is 0 Å². The lowest BCUT2D eigenvalue weighted by molar-refractivity contribution is 0.276. The minimum Gasteiger partial charge on any atom is -0.476 e. The van der Waals surface area contributed by atoms with Gasteiger partial charge in [0.25, 0.3) is 0 Å². The van der Waals surface area contributed by atoms with E-state index in [0.29, 0.717) is 0 Å². The summed E-state index contributed by atoms with van der Waals surface area (Å²) in [5.41, 5.74) is 1.18. The molecule has 1 atom stereocenters. The molecule has 0 aliphatic carbocycles. The van der Waals surface area contributed by atoms with Gasteiger partial charge >= 0.3 is 0 Å². The zero-order chi connectivity index (χ0) is 14.2. The molecule has 0 bridgehead atoms. The number of hydrogen-bond acceptors (Lipinski definition) is 4. The summed E-state index contributed by atoms with van der Waals surface area (Å²) in [5, 5.41) is 16.2. The van der Waals surface area contributed by atoms with Crippen molar-refractivity contribution in [3.8, 4) is 11.8 Å². The highest BCUT2D eigenvalue weighted by atomic mass is 16.5. The van der Waals surface area contributed by atoms with Gasteiger partial charge in [-0.05, 0) is 30.7 Å². The second-order valence-electron chi connectivity index (χ2n) is 4.48. The van der Waals surface area contributed by atoms with Gasteiger partial charge in [-0.2, -0.15) is 10.4 Å². The zero-order valence-corrected chi connectivity index (χ0v) is 11.5. The van der Waals surface area contributed by atoms with Crippen molar-refractivity contribution in [1.29, 1.82) is 5.26 Å². The molecular formula is C15H18N4O. The Bertz CT molecular complexity index is 542. The van der Waals surface area contributed by atoms with Crippen LogP contribution in [0, 0.1) is 11.3 Å². The van der Waals surface area contributed by atoms with Crippen LogP contribution in [0.5, 0.6) is 5.75 Å². The third-order valence-corrected chi connectivity index (χ3v) is 2.82. The van der Waals surface area contributed by atoms with Crippen LogP contribution in [0.15, 0.2) is 42.7 Å². The van der Waals surface area contributed by atoms with Crippen LogP contribution in [0.25, 0.3) is 0 Å². The number of nitrogens with one attached hydrogen (secondary N) is 1. The van der Waals surface area contributed by atoms with Crippen LogP contribution >= 0.6 is 0 Å². The molecule has 0 saturated carbocycles. The van der Waals surface area contributed by atoms with Crippen molar-refractivity contribution in [2.75, 3.05) is 6.54 Å². The molecule has 0 aliphatic rings. The standard InChI is InChI=1S/C15H18N4O/c1-13(11-16)20-15-5-3-14(4-6-15)12-17-8-10-19-9-2-7-18-19/h2-7,9,13,17H,8,10,12H2,1H3/t13-/m0/s1. The number of aromatic nitrogens is 2. The molecule has 1 aromatic heterocycles. The van der Waals surface area contributed by atoms with Crippen molar-refractivity contribution in [1.82, 2.24) is 15.1 Å². The first kappa shape index (κ1) is 14.1. The summed E-state index contributed by atoms with van der Waals surface area (Å²) in [6, 6.07) is 11.7. The van der Waals surface area contributed by atoms with Crippen LogP contribution in [-0.2, 0) is 13.1 Å². The molecule has 0 spiro atoms. The van der Waals surface area contributed by atoms with Gasteiger partial charge in [0.2, 0.25) is 0 Å². The molecular weight excluding hydrogens is 252 g/mol. The summed E-state index contributed by atoms with van der Waals surface area (Å²) in [6.07, 6.45) is 3.30. The molecule has 0 amide bonds. The summed E-state index contributed by atoms with van der Waals surface area (Å²) in [7, 11) is 0. The van der Waals surface area contributed by atoms with E-state index in [-0.39, 0.29) is 0 Å². The molecule has 2 aromatic rings. The number of rotatable bonds is 7. The molecule has 0 radical (unpaired) electrons. The monoisotopic (exact) mass is 270 g/mol. The molecule has 20 heavy (non-hydrogen) atoms. The molecule has 0 unspecified atom stereocenters. The zero-order valence-electron chi connectivity index (χ0n) is 11.5. The SMILES string of the molecule is C[C@@H](C#N)Oc1ccc(CNCCn2cccn2)cc1. The molecule has 104 valence electrons. The summed E-state index contributed by atoms with van der Waals surface area (Å²) >= 11 is 0. The first-order chi connectivity index (χ1) is 9.78. The van der Waals surface area contributed by atoms with Gasteiger partial charge in [0.15, 0.2) is 6.10 Å². The van der Waals surface area contributed by atoms with E-state index in [4.69, 9.17) is 10.00 Å². The number of hydrogen-bond donors (Lipinski definition) is 1. The quantitative estimate of drug-likeness (QED) is 0.781. The lowest BCUT2D eigenvalue weighted by Gasteiger charge is -2.09. The van der Waals surface area contributed by atoms with Gasteiger partial charge in [-0.3, -0.25) is 4.68 Å². The molecule has 5 nitrogen and oxygen atoms in total. The second-order valence-corrected chi connectivity index (χ2v) is 4.48. The van der Waals surface area contributed by atoms with Crippen molar-refractivity contribution in [3.05, 3.63) is 48.3 Å². The van der Waals surface area contributed by atoms with E-state index in [1.165, 1.54) is 5.56 Å². The van der Waals surface area contributed by atoms with E-state index in [1.807, 2.05) is 47.3 Å². The minimum atomic E-state index is -0.423. The minimum absolute atomic E-state index is 0.423. The smallest absolute Gasteiger partial charge is 0.181 e. The third kappa shape index (κ3) is 4.41. The lowest BCUT2D eigenvalue weighted by Crippen LogP contribution is -2.19. The predicted octanol–water partition coefficient (Wildman–Crippen LogP) is 1.96. The fourth-order valence-electron chi connectivity index (χ4n) is 1.78. The summed E-state index contributed by atoms with van der Waals surface area (Å²) in [4.78, 5) is 0. The maximum Gasteiger partial charge on any atom is 0.181 e. The summed E-state index contributed by atoms with van der Waals surface area (Å²) in [5.74, 6) is 0.722. The highest BCUT2D eigenvalue weighted by molar-refractivity contribution is 5.27. The maximum atomic E-state index is 8.68. The van der Waals surface area contributed by atoms with Crippen molar-refractivity contribution < 1.29 is 4.74 Å². The fourth-order valence-corrected chi connectivity index (χ4v) is 1.78. The van der Waals surface area contributed by atoms with Crippen molar-refractivity contribution in [2.45, 2.75) is 26.1 Å². The number of ether oxygens (including phenoxy) is 1. The van der Waals surface area contributed by atoms with E-state index < -0.39 is 6.10 Å². The predicted molar refractivity (Wildman–Crippen MR) is 76.1 cm³/mol.